The molecule has 0 amide bonds. The van der Waals surface area contributed by atoms with E-state index in [1.165, 1.54) is 17.7 Å². The lowest BCUT2D eigenvalue weighted by atomic mass is 9.85. The van der Waals surface area contributed by atoms with Crippen LogP contribution < -0.4 is 4.57 Å². The average molecular weight is 266 g/mol. The molecule has 0 spiro atoms. The first-order valence-electron chi connectivity index (χ1n) is 11.9. The Hall–Kier alpha value is -1.63. The van der Waals surface area contributed by atoms with E-state index in [1.807, 2.05) is 0 Å². The van der Waals surface area contributed by atoms with E-state index in [0.717, 1.165) is 11.6 Å². The normalized spacial score (nSPS) is 23.7. The first kappa shape index (κ1) is 5.05. The van der Waals surface area contributed by atoms with Gasteiger partial charge in [0, 0.05) is 40.5 Å². The molecule has 2 rings (SSSR count). The molecule has 1 nitrogen and oxygen atoms in total. The molecule has 2 aromatic rings. The SMILES string of the molecule is [2H]C([2H])([2H])c1c(C(C([2H])([2H])[2H])(C([2H])([2H])[2H])C([2H])([2H])[2H])ccc(-c2ccccc2C)[n+]1C. The molecule has 1 aromatic carbocycles. The van der Waals surface area contributed by atoms with Gasteiger partial charge in [0.15, 0.2) is 5.69 Å². The van der Waals surface area contributed by atoms with Gasteiger partial charge in [-0.15, -0.1) is 0 Å². The number of aryl methyl sites for hydroxylation is 1. The molecule has 0 saturated carbocycles. The van der Waals surface area contributed by atoms with Crippen LogP contribution in [0.2, 0.25) is 0 Å². The van der Waals surface area contributed by atoms with E-state index in [0.29, 0.717) is 11.3 Å². The number of hydrogen-bond donors (Lipinski definition) is 0. The fraction of sp³-hybridized carbons (Fsp3) is 0.389. The molecule has 19 heavy (non-hydrogen) atoms. The smallest absolute Gasteiger partial charge is 0.198 e. The fourth-order valence-electron chi connectivity index (χ4n) is 2.09. The maximum absolute atomic E-state index is 8.02. The van der Waals surface area contributed by atoms with Crippen LogP contribution in [0.5, 0.6) is 0 Å². The molecule has 100 valence electrons. The summed E-state index contributed by atoms with van der Waals surface area (Å²) in [5.41, 5.74) is -2.98. The number of hydrogen-bond acceptors (Lipinski definition) is 0. The molecule has 0 unspecified atom stereocenters. The zero-order valence-corrected chi connectivity index (χ0v) is 10.9. The molecule has 0 saturated heterocycles. The molecule has 0 aliphatic carbocycles. The van der Waals surface area contributed by atoms with Gasteiger partial charge in [-0.3, -0.25) is 0 Å². The van der Waals surface area contributed by atoms with Crippen LogP contribution in [0.25, 0.3) is 11.3 Å². The maximum Gasteiger partial charge on any atom is 0.212 e. The van der Waals surface area contributed by atoms with Crippen molar-refractivity contribution in [2.24, 2.45) is 7.05 Å². The van der Waals surface area contributed by atoms with E-state index in [9.17, 15) is 0 Å². The third-order valence-corrected chi connectivity index (χ3v) is 3.18. The number of pyridine rings is 1. The van der Waals surface area contributed by atoms with Gasteiger partial charge < -0.3 is 0 Å². The van der Waals surface area contributed by atoms with Crippen molar-refractivity contribution in [3.8, 4) is 11.3 Å². The van der Waals surface area contributed by atoms with Crippen molar-refractivity contribution in [1.29, 1.82) is 0 Å². The summed E-state index contributed by atoms with van der Waals surface area (Å²) in [5.74, 6) is 0. The van der Waals surface area contributed by atoms with E-state index >= 15 is 0 Å². The molecule has 0 radical (unpaired) electrons. The van der Waals surface area contributed by atoms with Crippen LogP contribution in [0, 0.1) is 13.8 Å². The van der Waals surface area contributed by atoms with Gasteiger partial charge in [-0.1, -0.05) is 38.8 Å². The summed E-state index contributed by atoms with van der Waals surface area (Å²) in [6.45, 7) is -11.9. The van der Waals surface area contributed by atoms with Crippen LogP contribution in [-0.4, -0.2) is 0 Å². The number of benzene rings is 1. The molecular weight excluding hydrogens is 230 g/mol. The first-order chi connectivity index (χ1) is 13.8. The minimum absolute atomic E-state index is 0.378. The van der Waals surface area contributed by atoms with Crippen LogP contribution in [-0.2, 0) is 12.5 Å². The summed E-state index contributed by atoms with van der Waals surface area (Å²) in [5, 5.41) is 0. The Kier molecular flexibility index (Phi) is 1.28. The second-order valence-corrected chi connectivity index (χ2v) is 4.60. The standard InChI is InChI=1S/C18H24N/c1-13-9-7-8-10-15(13)17-12-11-16(18(3,4)5)14(2)19(17)6/h7-12H,1-6H3/q+1/i2D3,3D3,4D3,5D3. The number of rotatable bonds is 1. The summed E-state index contributed by atoms with van der Waals surface area (Å²) in [6, 6.07) is 9.46. The Labute approximate surface area is 133 Å². The van der Waals surface area contributed by atoms with Gasteiger partial charge in [-0.2, -0.15) is 4.57 Å². The summed E-state index contributed by atoms with van der Waals surface area (Å²) in [7, 11) is 1.36. The van der Waals surface area contributed by atoms with Gasteiger partial charge in [0.2, 0.25) is 5.69 Å². The third-order valence-electron chi connectivity index (χ3n) is 3.18. The minimum atomic E-state index is -3.55. The van der Waals surface area contributed by atoms with Crippen LogP contribution >= 0.6 is 0 Å². The number of nitrogens with zero attached hydrogens (tertiary/aromatic N) is 1. The van der Waals surface area contributed by atoms with Crippen molar-refractivity contribution in [2.45, 2.75) is 39.7 Å². The highest BCUT2D eigenvalue weighted by Gasteiger charge is 2.24. The van der Waals surface area contributed by atoms with Gasteiger partial charge in [0.05, 0.1) is 0 Å². The highest BCUT2D eigenvalue weighted by Crippen LogP contribution is 2.27. The average Bonchev–Trinajstić information content (AvgIpc) is 2.51. The number of aromatic nitrogens is 1. The summed E-state index contributed by atoms with van der Waals surface area (Å²) >= 11 is 0. The fourth-order valence-corrected chi connectivity index (χ4v) is 2.09. The lowest BCUT2D eigenvalue weighted by molar-refractivity contribution is -0.667. The van der Waals surface area contributed by atoms with Crippen LogP contribution in [0.4, 0.5) is 0 Å². The molecule has 0 bridgehead atoms. The van der Waals surface area contributed by atoms with E-state index in [1.54, 1.807) is 31.2 Å². The minimum Gasteiger partial charge on any atom is -0.198 e. The van der Waals surface area contributed by atoms with Crippen molar-refractivity contribution < 1.29 is 21.0 Å². The van der Waals surface area contributed by atoms with E-state index in [-0.39, 0.29) is 0 Å². The summed E-state index contributed by atoms with van der Waals surface area (Å²) < 4.78 is 96.6. The third kappa shape index (κ3) is 2.56. The molecule has 1 heterocycles. The van der Waals surface area contributed by atoms with Crippen molar-refractivity contribution >= 4 is 0 Å². The molecule has 1 heteroatoms. The lowest BCUT2D eigenvalue weighted by Gasteiger charge is -2.20. The van der Waals surface area contributed by atoms with Crippen molar-refractivity contribution in [3.63, 3.8) is 0 Å². The van der Waals surface area contributed by atoms with Gasteiger partial charge in [-0.05, 0) is 30.0 Å². The van der Waals surface area contributed by atoms with Crippen LogP contribution in [0.15, 0.2) is 36.4 Å². The second kappa shape index (κ2) is 4.80. The monoisotopic (exact) mass is 266 g/mol. The molecule has 0 aliphatic rings. The quantitative estimate of drug-likeness (QED) is 0.684. The Morgan fingerprint density at radius 1 is 1.05 bits per heavy atom. The second-order valence-electron chi connectivity index (χ2n) is 4.60. The van der Waals surface area contributed by atoms with Gasteiger partial charge in [0.25, 0.3) is 0 Å². The summed E-state index contributed by atoms with van der Waals surface area (Å²) in [6.07, 6.45) is 0. The molecule has 0 atom stereocenters. The molecule has 1 aromatic heterocycles. The van der Waals surface area contributed by atoms with Crippen molar-refractivity contribution in [1.82, 2.24) is 0 Å². The largest absolute Gasteiger partial charge is 0.212 e. The molecule has 0 N–H and O–H groups in total. The lowest BCUT2D eigenvalue weighted by Crippen LogP contribution is -2.37. The van der Waals surface area contributed by atoms with Crippen molar-refractivity contribution in [3.05, 3.63) is 53.2 Å². The van der Waals surface area contributed by atoms with Crippen molar-refractivity contribution in [2.75, 3.05) is 0 Å². The highest BCUT2D eigenvalue weighted by molar-refractivity contribution is 5.61. The zero-order chi connectivity index (χ0) is 24.2. The molecular formula is C18H24N+. The van der Waals surface area contributed by atoms with Crippen LogP contribution in [0.3, 0.4) is 0 Å². The highest BCUT2D eigenvalue weighted by atomic mass is 14.9. The summed E-state index contributed by atoms with van der Waals surface area (Å²) in [4.78, 5) is 0. The Morgan fingerprint density at radius 2 is 1.79 bits per heavy atom. The zero-order valence-electron chi connectivity index (χ0n) is 22.9. The predicted molar refractivity (Wildman–Crippen MR) is 81.2 cm³/mol. The maximum atomic E-state index is 8.02. The van der Waals surface area contributed by atoms with E-state index in [2.05, 4.69) is 0 Å². The Bertz CT molecular complexity index is 927. The molecule has 0 fully saturated rings. The van der Waals surface area contributed by atoms with E-state index in [4.69, 9.17) is 16.4 Å². The van der Waals surface area contributed by atoms with Gasteiger partial charge in [-0.25, -0.2) is 0 Å². The van der Waals surface area contributed by atoms with Gasteiger partial charge in [0.1, 0.15) is 7.05 Å². The first-order valence-corrected chi connectivity index (χ1v) is 5.88. The molecule has 0 aliphatic heterocycles. The van der Waals surface area contributed by atoms with Crippen LogP contribution in [0.1, 0.15) is 53.8 Å². The topological polar surface area (TPSA) is 3.88 Å². The predicted octanol–water partition coefficient (Wildman–Crippen LogP) is 4.09. The Morgan fingerprint density at radius 3 is 2.42 bits per heavy atom. The Balaban J connectivity index is 3.13. The van der Waals surface area contributed by atoms with E-state index < -0.39 is 44.1 Å². The van der Waals surface area contributed by atoms with Gasteiger partial charge >= 0.3 is 0 Å².